The maximum absolute atomic E-state index is 13.4. The number of hydrogen-bond donors (Lipinski definition) is 11. The molecule has 0 aliphatic rings. The smallest absolute Gasteiger partial charge is 0.327 e. The van der Waals surface area contributed by atoms with Crippen molar-refractivity contribution in [3.63, 3.8) is 0 Å². The van der Waals surface area contributed by atoms with Crippen LogP contribution in [0.4, 0.5) is 0 Å². The van der Waals surface area contributed by atoms with Gasteiger partial charge in [-0.15, -0.1) is 0 Å². The van der Waals surface area contributed by atoms with Gasteiger partial charge in [-0.05, 0) is 0 Å². The highest BCUT2D eigenvalue weighted by Gasteiger charge is 2.32. The van der Waals surface area contributed by atoms with Crippen molar-refractivity contribution in [2.24, 2.45) is 5.73 Å². The second-order valence-corrected chi connectivity index (χ2v) is 9.39. The van der Waals surface area contributed by atoms with Crippen LogP contribution in [0.25, 0.3) is 0 Å². The van der Waals surface area contributed by atoms with Gasteiger partial charge in [-0.2, -0.15) is 37.9 Å². The third-order valence-corrected chi connectivity index (χ3v) is 6.49. The monoisotopic (exact) mass is 601 g/mol. The first-order valence-electron chi connectivity index (χ1n) is 11.6. The molecule has 0 fully saturated rings. The summed E-state index contributed by atoms with van der Waals surface area (Å²) in [5.41, 5.74) is 6.64. The topological polar surface area (TPSA) is 237 Å². The summed E-state index contributed by atoms with van der Waals surface area (Å²) in [7, 11) is 0. The molecule has 0 saturated heterocycles. The summed E-state index contributed by atoms with van der Waals surface area (Å²) in [5.74, 6) is -4.42. The van der Waals surface area contributed by atoms with Crippen LogP contribution in [0.15, 0.2) is 25.0 Å². The van der Waals surface area contributed by atoms with Gasteiger partial charge in [0, 0.05) is 53.9 Å². The molecule has 4 amide bonds. The number of aromatic nitrogens is 4. The Bertz CT molecular complexity index is 1100. The predicted octanol–water partition coefficient (Wildman–Crippen LogP) is -2.94. The summed E-state index contributed by atoms with van der Waals surface area (Å²) >= 11 is 12.0. The van der Waals surface area contributed by atoms with Crippen molar-refractivity contribution in [1.82, 2.24) is 41.2 Å². The molecule has 2 heterocycles. The number of amides is 4. The fourth-order valence-electron chi connectivity index (χ4n) is 3.21. The van der Waals surface area contributed by atoms with E-state index in [0.29, 0.717) is 11.4 Å². The molecule has 2 aromatic rings. The van der Waals surface area contributed by atoms with E-state index in [-0.39, 0.29) is 30.1 Å². The summed E-state index contributed by atoms with van der Waals surface area (Å²) in [6, 6.07) is -5.85. The number of thiol groups is 3. The van der Waals surface area contributed by atoms with Crippen LogP contribution in [0.3, 0.4) is 0 Å². The lowest BCUT2D eigenvalue weighted by atomic mass is 10.1. The van der Waals surface area contributed by atoms with E-state index in [2.05, 4.69) is 79.1 Å². The number of aliphatic carboxylic acids is 1. The molecule has 18 heteroatoms. The molecule has 0 aromatic carbocycles. The zero-order valence-corrected chi connectivity index (χ0v) is 23.2. The van der Waals surface area contributed by atoms with E-state index >= 15 is 0 Å². The fraction of sp³-hybridized carbons (Fsp3) is 0.476. The van der Waals surface area contributed by atoms with Crippen LogP contribution < -0.4 is 27.0 Å². The van der Waals surface area contributed by atoms with Crippen molar-refractivity contribution in [2.75, 3.05) is 17.3 Å². The Morgan fingerprint density at radius 3 is 1.49 bits per heavy atom. The third-order valence-electron chi connectivity index (χ3n) is 5.37. The number of imidazole rings is 2. The number of nitrogens with two attached hydrogens (primary N) is 1. The Hall–Kier alpha value is -3.22. The average molecular weight is 602 g/mol. The highest BCUT2D eigenvalue weighted by Crippen LogP contribution is 2.05. The molecule has 0 aliphatic heterocycles. The number of nitrogens with one attached hydrogen (secondary N) is 6. The minimum absolute atomic E-state index is 0.0479. The molecule has 2 aromatic heterocycles. The Balaban J connectivity index is 2.24. The molecule has 0 unspecified atom stereocenters. The zero-order valence-electron chi connectivity index (χ0n) is 20.5. The van der Waals surface area contributed by atoms with Crippen molar-refractivity contribution in [2.45, 2.75) is 43.1 Å². The maximum atomic E-state index is 13.4. The summed E-state index contributed by atoms with van der Waals surface area (Å²) in [6.07, 6.45) is 5.56. The molecule has 5 atom stereocenters. The van der Waals surface area contributed by atoms with Gasteiger partial charge in [0.15, 0.2) is 0 Å². The van der Waals surface area contributed by atoms with Gasteiger partial charge >= 0.3 is 5.97 Å². The minimum atomic E-state index is -1.30. The predicted molar refractivity (Wildman–Crippen MR) is 149 cm³/mol. The number of hydrogen-bond acceptors (Lipinski definition) is 11. The number of carboxylic acids is 1. The van der Waals surface area contributed by atoms with E-state index in [1.165, 1.54) is 25.0 Å². The van der Waals surface area contributed by atoms with Crippen LogP contribution in [0.5, 0.6) is 0 Å². The lowest BCUT2D eigenvalue weighted by molar-refractivity contribution is -0.141. The lowest BCUT2D eigenvalue weighted by Crippen LogP contribution is -2.59. The fourth-order valence-corrected chi connectivity index (χ4v) is 3.88. The molecule has 39 heavy (non-hydrogen) atoms. The first-order valence-corrected chi connectivity index (χ1v) is 13.5. The van der Waals surface area contributed by atoms with Crippen molar-refractivity contribution < 1.29 is 29.1 Å². The number of aromatic amines is 2. The molecule has 0 saturated carbocycles. The number of H-pyrrole nitrogens is 2. The Morgan fingerprint density at radius 2 is 1.13 bits per heavy atom. The lowest BCUT2D eigenvalue weighted by Gasteiger charge is -2.25. The minimum Gasteiger partial charge on any atom is -0.480 e. The molecule has 2 rings (SSSR count). The van der Waals surface area contributed by atoms with E-state index in [4.69, 9.17) is 5.73 Å². The molecule has 0 radical (unpaired) electrons. The summed E-state index contributed by atoms with van der Waals surface area (Å²) < 4.78 is 0. The van der Waals surface area contributed by atoms with Crippen LogP contribution in [0, 0.1) is 0 Å². The van der Waals surface area contributed by atoms with E-state index < -0.39 is 59.8 Å². The van der Waals surface area contributed by atoms with E-state index in [1.807, 2.05) is 0 Å². The van der Waals surface area contributed by atoms with Crippen LogP contribution in [0.1, 0.15) is 11.4 Å². The number of rotatable bonds is 16. The normalized spacial score (nSPS) is 14.8. The van der Waals surface area contributed by atoms with Gasteiger partial charge < -0.3 is 42.1 Å². The van der Waals surface area contributed by atoms with Crippen LogP contribution in [-0.4, -0.2) is 102 Å². The number of carboxylic acid groups (broad SMARTS) is 1. The van der Waals surface area contributed by atoms with Gasteiger partial charge in [0.2, 0.25) is 23.6 Å². The highest BCUT2D eigenvalue weighted by atomic mass is 32.1. The molecule has 0 aliphatic carbocycles. The average Bonchev–Trinajstić information content (AvgIpc) is 3.62. The Kier molecular flexibility index (Phi) is 13.1. The van der Waals surface area contributed by atoms with E-state index in [0.717, 1.165) is 0 Å². The standard InChI is InChI=1S/C21H31N9O6S3/c22-12(5-37)17(31)29-15(6-38)20(34)28-13(1-10-3-23-8-25-10)18(32)27-14(2-11-4-24-9-26-11)19(33)30-16(7-39)21(35)36/h3-4,8-9,12-16,37-39H,1-2,5-7,22H2,(H,23,25)(H,24,26)(H,27,32)(H,28,34)(H,29,31)(H,30,33)(H,35,36)/t12-,13-,14-,15-,16-/m0/s1. The Labute approximate surface area is 239 Å². The molecule has 0 spiro atoms. The zero-order chi connectivity index (χ0) is 28.9. The van der Waals surface area contributed by atoms with Gasteiger partial charge in [-0.3, -0.25) is 19.2 Å². The van der Waals surface area contributed by atoms with Crippen molar-refractivity contribution in [3.05, 3.63) is 36.4 Å². The third kappa shape index (κ3) is 10.1. The molecule has 0 bridgehead atoms. The first kappa shape index (κ1) is 32.0. The molecule has 9 N–H and O–H groups in total. The van der Waals surface area contributed by atoms with Gasteiger partial charge in [-0.25, -0.2) is 14.8 Å². The molecule has 214 valence electrons. The van der Waals surface area contributed by atoms with Crippen molar-refractivity contribution in [3.8, 4) is 0 Å². The molecule has 15 nitrogen and oxygen atoms in total. The van der Waals surface area contributed by atoms with Crippen molar-refractivity contribution in [1.29, 1.82) is 0 Å². The SMILES string of the molecule is N[C@@H](CS)C(=O)N[C@@H](CS)C(=O)N[C@@H](Cc1cnc[nH]1)C(=O)N[C@@H](Cc1cnc[nH]1)C(=O)N[C@@H](CS)C(=O)O. The molecular weight excluding hydrogens is 570 g/mol. The molecular formula is C21H31N9O6S3. The quantitative estimate of drug-likeness (QED) is 0.0881. The van der Waals surface area contributed by atoms with Crippen LogP contribution in [-0.2, 0) is 36.8 Å². The van der Waals surface area contributed by atoms with E-state index in [9.17, 15) is 29.1 Å². The number of carbonyl (C=O) groups is 5. The number of nitrogens with zero attached hydrogens (tertiary/aromatic N) is 2. The largest absolute Gasteiger partial charge is 0.480 e. The highest BCUT2D eigenvalue weighted by molar-refractivity contribution is 7.80. The maximum Gasteiger partial charge on any atom is 0.327 e. The van der Waals surface area contributed by atoms with Gasteiger partial charge in [0.05, 0.1) is 18.7 Å². The second kappa shape index (κ2) is 16.0. The van der Waals surface area contributed by atoms with Gasteiger partial charge in [0.25, 0.3) is 0 Å². The Morgan fingerprint density at radius 1 is 0.718 bits per heavy atom. The van der Waals surface area contributed by atoms with Gasteiger partial charge in [0.1, 0.15) is 24.2 Å². The second-order valence-electron chi connectivity index (χ2n) is 8.30. The first-order chi connectivity index (χ1) is 18.6. The van der Waals surface area contributed by atoms with Crippen molar-refractivity contribution >= 4 is 67.5 Å². The number of carbonyl (C=O) groups excluding carboxylic acids is 4. The summed E-state index contributed by atoms with van der Waals surface area (Å²) in [6.45, 7) is 0. The van der Waals surface area contributed by atoms with E-state index in [1.54, 1.807) is 0 Å². The van der Waals surface area contributed by atoms with Crippen LogP contribution in [0.2, 0.25) is 0 Å². The van der Waals surface area contributed by atoms with Gasteiger partial charge in [-0.1, -0.05) is 0 Å². The van der Waals surface area contributed by atoms with Crippen LogP contribution >= 0.6 is 37.9 Å². The summed E-state index contributed by atoms with van der Waals surface area (Å²) in [5, 5.41) is 19.2. The summed E-state index contributed by atoms with van der Waals surface area (Å²) in [4.78, 5) is 76.4.